The number of pyridine rings is 1. The molecule has 0 bridgehead atoms. The van der Waals surface area contributed by atoms with E-state index in [2.05, 4.69) is 18.8 Å². The molecular weight excluding hydrogens is 250 g/mol. The van der Waals surface area contributed by atoms with E-state index in [-0.39, 0.29) is 5.91 Å². The van der Waals surface area contributed by atoms with Gasteiger partial charge in [0, 0.05) is 18.8 Å². The summed E-state index contributed by atoms with van der Waals surface area (Å²) in [5, 5.41) is 0. The van der Waals surface area contributed by atoms with Gasteiger partial charge in [0.2, 0.25) is 5.91 Å². The molecule has 1 heterocycles. The number of likely N-dealkylation sites (N-methyl/N-ethyl adjacent to an activating group) is 1. The molecule has 2 N–H and O–H groups in total. The molecule has 0 radical (unpaired) electrons. The molecule has 0 saturated heterocycles. The van der Waals surface area contributed by atoms with Gasteiger partial charge in [0.05, 0.1) is 18.3 Å². The highest BCUT2D eigenvalue weighted by Gasteiger charge is 2.30. The summed E-state index contributed by atoms with van der Waals surface area (Å²) in [7, 11) is 1.92. The third kappa shape index (κ3) is 3.71. The number of hydrogen-bond donors (Lipinski definition) is 1. The lowest BCUT2D eigenvalue weighted by Gasteiger charge is -2.38. The number of rotatable bonds is 3. The minimum absolute atomic E-state index is 0.145. The number of hydrogen-bond acceptors (Lipinski definition) is 3. The predicted molar refractivity (Wildman–Crippen MR) is 81.2 cm³/mol. The van der Waals surface area contributed by atoms with E-state index in [1.54, 1.807) is 12.3 Å². The standard InChI is InChI=1S/C16H25N3O/c1-16(2)8-6-14(7-9-16)19(3)15(20)10-13-5-4-12(17)11-18-13/h4-5,11,14H,6-10,17H2,1-3H3. The van der Waals surface area contributed by atoms with Gasteiger partial charge in [0.15, 0.2) is 0 Å². The molecule has 0 spiro atoms. The van der Waals surface area contributed by atoms with E-state index in [1.165, 1.54) is 12.8 Å². The quantitative estimate of drug-likeness (QED) is 0.922. The van der Waals surface area contributed by atoms with Crippen LogP contribution in [0, 0.1) is 5.41 Å². The Hall–Kier alpha value is -1.58. The lowest BCUT2D eigenvalue weighted by Crippen LogP contribution is -2.41. The van der Waals surface area contributed by atoms with Crippen molar-refractivity contribution in [3.63, 3.8) is 0 Å². The largest absolute Gasteiger partial charge is 0.397 e. The van der Waals surface area contributed by atoms with Crippen LogP contribution >= 0.6 is 0 Å². The van der Waals surface area contributed by atoms with E-state index < -0.39 is 0 Å². The second kappa shape index (κ2) is 5.81. The summed E-state index contributed by atoms with van der Waals surface area (Å²) >= 11 is 0. The van der Waals surface area contributed by atoms with E-state index in [0.29, 0.717) is 23.6 Å². The van der Waals surface area contributed by atoms with Crippen molar-refractivity contribution in [2.45, 2.75) is 52.0 Å². The maximum absolute atomic E-state index is 12.3. The van der Waals surface area contributed by atoms with Crippen molar-refractivity contribution in [2.24, 2.45) is 5.41 Å². The molecule has 0 atom stereocenters. The fourth-order valence-electron chi connectivity index (χ4n) is 2.80. The van der Waals surface area contributed by atoms with Crippen molar-refractivity contribution in [3.05, 3.63) is 24.0 Å². The molecule has 20 heavy (non-hydrogen) atoms. The van der Waals surface area contributed by atoms with E-state index in [0.717, 1.165) is 18.5 Å². The Morgan fingerprint density at radius 2 is 2.05 bits per heavy atom. The van der Waals surface area contributed by atoms with Crippen LogP contribution in [0.5, 0.6) is 0 Å². The third-order valence-electron chi connectivity index (χ3n) is 4.43. The first kappa shape index (κ1) is 14.8. The van der Waals surface area contributed by atoms with Gasteiger partial charge < -0.3 is 10.6 Å². The van der Waals surface area contributed by atoms with Crippen LogP contribution in [0.2, 0.25) is 0 Å². The van der Waals surface area contributed by atoms with Crippen LogP contribution in [0.3, 0.4) is 0 Å². The smallest absolute Gasteiger partial charge is 0.228 e. The van der Waals surface area contributed by atoms with Crippen LogP contribution in [-0.4, -0.2) is 28.9 Å². The van der Waals surface area contributed by atoms with Crippen molar-refractivity contribution >= 4 is 11.6 Å². The summed E-state index contributed by atoms with van der Waals surface area (Å²) < 4.78 is 0. The molecule has 2 rings (SSSR count). The number of carbonyl (C=O) groups excluding carboxylic acids is 1. The second-order valence-corrected chi connectivity index (χ2v) is 6.66. The average Bonchev–Trinajstić information content (AvgIpc) is 2.40. The van der Waals surface area contributed by atoms with Crippen LogP contribution < -0.4 is 5.73 Å². The van der Waals surface area contributed by atoms with Crippen LogP contribution in [0.1, 0.15) is 45.2 Å². The van der Waals surface area contributed by atoms with Crippen molar-refractivity contribution in [3.8, 4) is 0 Å². The molecule has 1 amide bonds. The average molecular weight is 275 g/mol. The van der Waals surface area contributed by atoms with Gasteiger partial charge in [-0.05, 0) is 43.2 Å². The first-order valence-electron chi connectivity index (χ1n) is 7.33. The van der Waals surface area contributed by atoms with Crippen molar-refractivity contribution in [1.29, 1.82) is 0 Å². The number of anilines is 1. The summed E-state index contributed by atoms with van der Waals surface area (Å²) in [5.74, 6) is 0.145. The van der Waals surface area contributed by atoms with Gasteiger partial charge in [-0.3, -0.25) is 9.78 Å². The number of nitrogens with two attached hydrogens (primary N) is 1. The molecule has 1 saturated carbocycles. The number of carbonyl (C=O) groups is 1. The fourth-order valence-corrected chi connectivity index (χ4v) is 2.80. The number of nitrogens with zero attached hydrogens (tertiary/aromatic N) is 2. The fraction of sp³-hybridized carbons (Fsp3) is 0.625. The van der Waals surface area contributed by atoms with Gasteiger partial charge >= 0.3 is 0 Å². The number of nitrogen functional groups attached to an aromatic ring is 1. The van der Waals surface area contributed by atoms with Gasteiger partial charge in [-0.2, -0.15) is 0 Å². The molecule has 110 valence electrons. The van der Waals surface area contributed by atoms with Gasteiger partial charge in [-0.15, -0.1) is 0 Å². The highest BCUT2D eigenvalue weighted by molar-refractivity contribution is 5.78. The maximum atomic E-state index is 12.3. The first-order valence-corrected chi connectivity index (χ1v) is 7.33. The Morgan fingerprint density at radius 1 is 1.40 bits per heavy atom. The highest BCUT2D eigenvalue weighted by atomic mass is 16.2. The van der Waals surface area contributed by atoms with Crippen LogP contribution in [-0.2, 0) is 11.2 Å². The highest BCUT2D eigenvalue weighted by Crippen LogP contribution is 2.36. The molecule has 1 fully saturated rings. The number of aromatic nitrogens is 1. The van der Waals surface area contributed by atoms with Crippen molar-refractivity contribution in [1.82, 2.24) is 9.88 Å². The molecule has 0 aliphatic heterocycles. The van der Waals surface area contributed by atoms with Crippen LogP contribution in [0.25, 0.3) is 0 Å². The maximum Gasteiger partial charge on any atom is 0.228 e. The molecule has 1 aliphatic rings. The molecule has 1 aromatic heterocycles. The summed E-state index contributed by atoms with van der Waals surface area (Å²) in [5.41, 5.74) is 7.44. The SMILES string of the molecule is CN(C(=O)Cc1ccc(N)cn1)C1CCC(C)(C)CC1. The molecule has 0 unspecified atom stereocenters. The van der Waals surface area contributed by atoms with Gasteiger partial charge in [-0.1, -0.05) is 13.8 Å². The first-order chi connectivity index (χ1) is 9.37. The summed E-state index contributed by atoms with van der Waals surface area (Å²) in [6, 6.07) is 3.99. The predicted octanol–water partition coefficient (Wildman–Crippen LogP) is 2.63. The zero-order valence-electron chi connectivity index (χ0n) is 12.7. The zero-order chi connectivity index (χ0) is 14.8. The van der Waals surface area contributed by atoms with E-state index in [4.69, 9.17) is 5.73 Å². The van der Waals surface area contributed by atoms with Crippen LogP contribution in [0.15, 0.2) is 18.3 Å². The monoisotopic (exact) mass is 275 g/mol. The Kier molecular flexibility index (Phi) is 4.31. The minimum Gasteiger partial charge on any atom is -0.397 e. The summed E-state index contributed by atoms with van der Waals surface area (Å²) in [6.45, 7) is 4.62. The lowest BCUT2D eigenvalue weighted by molar-refractivity contribution is -0.132. The normalized spacial score (nSPS) is 18.8. The van der Waals surface area contributed by atoms with Crippen molar-refractivity contribution in [2.75, 3.05) is 12.8 Å². The Morgan fingerprint density at radius 3 is 2.60 bits per heavy atom. The van der Waals surface area contributed by atoms with E-state index >= 15 is 0 Å². The summed E-state index contributed by atoms with van der Waals surface area (Å²) in [6.07, 6.45) is 6.54. The van der Waals surface area contributed by atoms with E-state index in [1.807, 2.05) is 18.0 Å². The summed E-state index contributed by atoms with van der Waals surface area (Å²) in [4.78, 5) is 18.4. The molecule has 1 aliphatic carbocycles. The molecule has 1 aromatic rings. The van der Waals surface area contributed by atoms with Crippen LogP contribution in [0.4, 0.5) is 5.69 Å². The topological polar surface area (TPSA) is 59.2 Å². The molecule has 4 nitrogen and oxygen atoms in total. The minimum atomic E-state index is 0.145. The molecular formula is C16H25N3O. The van der Waals surface area contributed by atoms with Gasteiger partial charge in [-0.25, -0.2) is 0 Å². The molecule has 4 heteroatoms. The van der Waals surface area contributed by atoms with Gasteiger partial charge in [0.1, 0.15) is 0 Å². The lowest BCUT2D eigenvalue weighted by atomic mass is 9.75. The Balaban J connectivity index is 1.90. The van der Waals surface area contributed by atoms with Gasteiger partial charge in [0.25, 0.3) is 0 Å². The number of amides is 1. The Bertz CT molecular complexity index is 457. The third-order valence-corrected chi connectivity index (χ3v) is 4.43. The zero-order valence-corrected chi connectivity index (χ0v) is 12.7. The second-order valence-electron chi connectivity index (χ2n) is 6.66. The Labute approximate surface area is 121 Å². The van der Waals surface area contributed by atoms with Crippen molar-refractivity contribution < 1.29 is 4.79 Å². The molecule has 0 aromatic carbocycles. The van der Waals surface area contributed by atoms with E-state index in [9.17, 15) is 4.79 Å².